The number of halogens is 2. The van der Waals surface area contributed by atoms with Gasteiger partial charge in [0.2, 0.25) is 0 Å². The molecule has 0 fully saturated rings. The number of allylic oxidation sites excluding steroid dienone is 3. The molecule has 160 valence electrons. The fourth-order valence-corrected chi connectivity index (χ4v) is 2.79. The van der Waals surface area contributed by atoms with Crippen molar-refractivity contribution in [3.05, 3.63) is 70.3 Å². The standard InChI is InChI=1S/C24H26F2O4/c1-5-12-30-21-14-22(29-4)23(24(28)18(21)10-6-15(2)3)20(27)11-8-16-7-9-17(25)13-19(16)26/h6-9,11,13-14,28H,5,10,12H2,1-4H3/b11-8+. The van der Waals surface area contributed by atoms with E-state index in [0.29, 0.717) is 24.3 Å². The molecule has 2 aromatic rings. The number of benzene rings is 2. The Hall–Kier alpha value is -3.15. The van der Waals surface area contributed by atoms with E-state index in [1.807, 2.05) is 26.8 Å². The zero-order valence-electron chi connectivity index (χ0n) is 17.6. The first kappa shape index (κ1) is 23.1. The Morgan fingerprint density at radius 3 is 2.50 bits per heavy atom. The van der Waals surface area contributed by atoms with E-state index in [0.717, 1.165) is 30.2 Å². The molecular formula is C24H26F2O4. The van der Waals surface area contributed by atoms with Crippen LogP contribution in [0, 0.1) is 11.6 Å². The summed E-state index contributed by atoms with van der Waals surface area (Å²) in [6, 6.07) is 4.64. The quantitative estimate of drug-likeness (QED) is 0.315. The molecule has 0 bridgehead atoms. The molecule has 6 heteroatoms. The summed E-state index contributed by atoms with van der Waals surface area (Å²) in [6.45, 7) is 6.27. The molecule has 0 amide bonds. The highest BCUT2D eigenvalue weighted by Gasteiger charge is 2.23. The van der Waals surface area contributed by atoms with Gasteiger partial charge in [0.05, 0.1) is 13.7 Å². The van der Waals surface area contributed by atoms with Gasteiger partial charge in [-0.3, -0.25) is 4.79 Å². The van der Waals surface area contributed by atoms with Gasteiger partial charge in [-0.15, -0.1) is 0 Å². The van der Waals surface area contributed by atoms with E-state index in [4.69, 9.17) is 9.47 Å². The number of phenolic OH excluding ortho intramolecular Hbond substituents is 1. The van der Waals surface area contributed by atoms with Crippen LogP contribution in [-0.4, -0.2) is 24.6 Å². The second-order valence-corrected chi connectivity index (χ2v) is 6.98. The van der Waals surface area contributed by atoms with Gasteiger partial charge < -0.3 is 14.6 Å². The lowest BCUT2D eigenvalue weighted by atomic mass is 9.99. The summed E-state index contributed by atoms with van der Waals surface area (Å²) in [4.78, 5) is 12.8. The summed E-state index contributed by atoms with van der Waals surface area (Å²) in [5, 5.41) is 10.9. The van der Waals surface area contributed by atoms with Crippen LogP contribution in [0.15, 0.2) is 42.0 Å². The average Bonchev–Trinajstić information content (AvgIpc) is 2.69. The van der Waals surface area contributed by atoms with E-state index in [1.165, 1.54) is 19.3 Å². The van der Waals surface area contributed by atoms with Crippen molar-refractivity contribution in [1.29, 1.82) is 0 Å². The van der Waals surface area contributed by atoms with Crippen molar-refractivity contribution in [3.63, 3.8) is 0 Å². The summed E-state index contributed by atoms with van der Waals surface area (Å²) in [6.07, 6.45) is 5.41. The van der Waals surface area contributed by atoms with E-state index in [9.17, 15) is 18.7 Å². The van der Waals surface area contributed by atoms with Gasteiger partial charge in [-0.1, -0.05) is 18.6 Å². The molecule has 2 rings (SSSR count). The van der Waals surface area contributed by atoms with Crippen molar-refractivity contribution in [2.75, 3.05) is 13.7 Å². The Morgan fingerprint density at radius 2 is 1.90 bits per heavy atom. The monoisotopic (exact) mass is 416 g/mol. The van der Waals surface area contributed by atoms with Crippen molar-refractivity contribution in [3.8, 4) is 17.2 Å². The lowest BCUT2D eigenvalue weighted by molar-refractivity contribution is 0.104. The zero-order valence-corrected chi connectivity index (χ0v) is 17.6. The molecule has 1 N–H and O–H groups in total. The molecule has 0 saturated carbocycles. The smallest absolute Gasteiger partial charge is 0.193 e. The Labute approximate surface area is 175 Å². The molecule has 0 spiro atoms. The number of ether oxygens (including phenoxy) is 2. The van der Waals surface area contributed by atoms with E-state index in [2.05, 4.69) is 0 Å². The normalized spacial score (nSPS) is 10.9. The zero-order chi connectivity index (χ0) is 22.3. The van der Waals surface area contributed by atoms with Gasteiger partial charge in [-0.25, -0.2) is 8.78 Å². The molecule has 2 aromatic carbocycles. The molecule has 0 atom stereocenters. The number of rotatable bonds is 9. The highest BCUT2D eigenvalue weighted by atomic mass is 19.1. The largest absolute Gasteiger partial charge is 0.507 e. The molecular weight excluding hydrogens is 390 g/mol. The minimum atomic E-state index is -0.789. The van der Waals surface area contributed by atoms with Crippen LogP contribution < -0.4 is 9.47 Å². The number of carbonyl (C=O) groups is 1. The van der Waals surface area contributed by atoms with E-state index in [-0.39, 0.29) is 22.6 Å². The van der Waals surface area contributed by atoms with Crippen LogP contribution in [0.2, 0.25) is 0 Å². The molecule has 0 aromatic heterocycles. The molecule has 30 heavy (non-hydrogen) atoms. The van der Waals surface area contributed by atoms with Gasteiger partial charge in [-0.2, -0.15) is 0 Å². The third kappa shape index (κ3) is 5.69. The molecule has 0 aliphatic heterocycles. The van der Waals surface area contributed by atoms with Crippen molar-refractivity contribution in [2.24, 2.45) is 0 Å². The van der Waals surface area contributed by atoms with E-state index >= 15 is 0 Å². The predicted molar refractivity (Wildman–Crippen MR) is 113 cm³/mol. The highest BCUT2D eigenvalue weighted by molar-refractivity contribution is 6.11. The van der Waals surface area contributed by atoms with Crippen LogP contribution in [0.4, 0.5) is 8.78 Å². The maximum atomic E-state index is 13.8. The minimum Gasteiger partial charge on any atom is -0.507 e. The first-order valence-electron chi connectivity index (χ1n) is 9.64. The molecule has 0 aliphatic rings. The Kier molecular flexibility index (Phi) is 8.16. The van der Waals surface area contributed by atoms with Gasteiger partial charge in [0.25, 0.3) is 0 Å². The van der Waals surface area contributed by atoms with Gasteiger partial charge in [0, 0.05) is 23.3 Å². The van der Waals surface area contributed by atoms with Crippen LogP contribution in [0.3, 0.4) is 0 Å². The van der Waals surface area contributed by atoms with Gasteiger partial charge in [-0.05, 0) is 51.0 Å². The molecule has 0 heterocycles. The number of aromatic hydroxyl groups is 1. The molecule has 0 radical (unpaired) electrons. The number of hydrogen-bond acceptors (Lipinski definition) is 4. The Morgan fingerprint density at radius 1 is 1.17 bits per heavy atom. The third-order valence-electron chi connectivity index (χ3n) is 4.35. The van der Waals surface area contributed by atoms with Crippen LogP contribution in [-0.2, 0) is 6.42 Å². The van der Waals surface area contributed by atoms with Crippen molar-refractivity contribution in [2.45, 2.75) is 33.6 Å². The van der Waals surface area contributed by atoms with Crippen molar-refractivity contribution < 1.29 is 28.2 Å². The molecule has 4 nitrogen and oxygen atoms in total. The fourth-order valence-electron chi connectivity index (χ4n) is 2.79. The maximum absolute atomic E-state index is 13.8. The summed E-state index contributed by atoms with van der Waals surface area (Å²) < 4.78 is 38.0. The van der Waals surface area contributed by atoms with Gasteiger partial charge >= 0.3 is 0 Å². The highest BCUT2D eigenvalue weighted by Crippen LogP contribution is 2.40. The fraction of sp³-hybridized carbons (Fsp3) is 0.292. The third-order valence-corrected chi connectivity index (χ3v) is 4.35. The number of hydrogen-bond donors (Lipinski definition) is 1. The molecule has 0 unspecified atom stereocenters. The Bertz CT molecular complexity index is 974. The average molecular weight is 416 g/mol. The van der Waals surface area contributed by atoms with Crippen LogP contribution in [0.1, 0.15) is 48.7 Å². The van der Waals surface area contributed by atoms with Gasteiger partial charge in [0.15, 0.2) is 5.78 Å². The predicted octanol–water partition coefficient (Wildman–Crippen LogP) is 5.87. The second kappa shape index (κ2) is 10.6. The summed E-state index contributed by atoms with van der Waals surface area (Å²) in [5.41, 5.74) is 1.52. The van der Waals surface area contributed by atoms with Crippen molar-refractivity contribution >= 4 is 11.9 Å². The van der Waals surface area contributed by atoms with E-state index < -0.39 is 17.4 Å². The molecule has 0 aliphatic carbocycles. The SMILES string of the molecule is CCCOc1cc(OC)c(C(=O)/C=C/c2ccc(F)cc2F)c(O)c1CC=C(C)C. The van der Waals surface area contributed by atoms with Crippen LogP contribution >= 0.6 is 0 Å². The van der Waals surface area contributed by atoms with Crippen LogP contribution in [0.5, 0.6) is 17.2 Å². The number of ketones is 1. The summed E-state index contributed by atoms with van der Waals surface area (Å²) in [7, 11) is 1.38. The summed E-state index contributed by atoms with van der Waals surface area (Å²) in [5.74, 6) is -1.73. The van der Waals surface area contributed by atoms with Crippen molar-refractivity contribution in [1.82, 2.24) is 0 Å². The second-order valence-electron chi connectivity index (χ2n) is 6.98. The maximum Gasteiger partial charge on any atom is 0.193 e. The first-order valence-corrected chi connectivity index (χ1v) is 9.64. The number of methoxy groups -OCH3 is 1. The number of phenols is 1. The number of carbonyl (C=O) groups excluding carboxylic acids is 1. The molecule has 0 saturated heterocycles. The lowest BCUT2D eigenvalue weighted by Crippen LogP contribution is -2.06. The first-order chi connectivity index (χ1) is 14.3. The Balaban J connectivity index is 2.50. The van der Waals surface area contributed by atoms with Gasteiger partial charge in [0.1, 0.15) is 34.4 Å². The minimum absolute atomic E-state index is 0.0442. The van der Waals surface area contributed by atoms with E-state index in [1.54, 1.807) is 6.07 Å². The van der Waals surface area contributed by atoms with Crippen LogP contribution in [0.25, 0.3) is 6.08 Å². The summed E-state index contributed by atoms with van der Waals surface area (Å²) >= 11 is 0. The lowest BCUT2D eigenvalue weighted by Gasteiger charge is -2.17. The topological polar surface area (TPSA) is 55.8 Å².